The van der Waals surface area contributed by atoms with Crippen molar-refractivity contribution >= 4 is 23.3 Å². The maximum absolute atomic E-state index is 10.7. The standard InChI is InChI=1S/C26H26O4S/c1-3-29-25-12-8-7-11-23(25)22(20-9-5-4-6-10-20)15-16-31-21-13-14-24(19(2)17-21)30-18-26(27)28/h4-15,17H,3,16,18H2,1-2H3,(H,27,28). The van der Waals surface area contributed by atoms with Gasteiger partial charge in [0, 0.05) is 16.2 Å². The molecule has 3 aromatic carbocycles. The lowest BCUT2D eigenvalue weighted by Gasteiger charge is -2.14. The first kappa shape index (κ1) is 22.5. The smallest absolute Gasteiger partial charge is 0.341 e. The summed E-state index contributed by atoms with van der Waals surface area (Å²) in [6, 6.07) is 24.2. The summed E-state index contributed by atoms with van der Waals surface area (Å²) in [6.45, 7) is 4.19. The average molecular weight is 435 g/mol. The largest absolute Gasteiger partial charge is 0.493 e. The van der Waals surface area contributed by atoms with E-state index in [1.807, 2.05) is 68.4 Å². The molecule has 0 spiro atoms. The number of rotatable bonds is 10. The number of aliphatic carboxylic acids is 1. The topological polar surface area (TPSA) is 55.8 Å². The fourth-order valence-corrected chi connectivity index (χ4v) is 4.07. The van der Waals surface area contributed by atoms with Crippen molar-refractivity contribution in [1.82, 2.24) is 0 Å². The number of hydrogen-bond acceptors (Lipinski definition) is 4. The molecule has 0 aromatic heterocycles. The van der Waals surface area contributed by atoms with Crippen LogP contribution in [0.3, 0.4) is 0 Å². The monoisotopic (exact) mass is 434 g/mol. The van der Waals surface area contributed by atoms with E-state index < -0.39 is 5.97 Å². The van der Waals surface area contributed by atoms with Gasteiger partial charge in [-0.3, -0.25) is 0 Å². The van der Waals surface area contributed by atoms with Crippen LogP contribution in [0, 0.1) is 6.92 Å². The second-order valence-corrected chi connectivity index (χ2v) is 7.93. The molecule has 1 N–H and O–H groups in total. The summed E-state index contributed by atoms with van der Waals surface area (Å²) in [5, 5.41) is 8.78. The fourth-order valence-electron chi connectivity index (χ4n) is 3.21. The normalized spacial score (nSPS) is 11.2. The van der Waals surface area contributed by atoms with Crippen molar-refractivity contribution in [2.45, 2.75) is 18.7 Å². The van der Waals surface area contributed by atoms with Gasteiger partial charge < -0.3 is 14.6 Å². The van der Waals surface area contributed by atoms with Gasteiger partial charge >= 0.3 is 5.97 Å². The zero-order valence-corrected chi connectivity index (χ0v) is 18.5. The molecule has 4 nitrogen and oxygen atoms in total. The second kappa shape index (κ2) is 11.3. The zero-order chi connectivity index (χ0) is 22.1. The summed E-state index contributed by atoms with van der Waals surface area (Å²) in [5.41, 5.74) is 4.27. The highest BCUT2D eigenvalue weighted by Crippen LogP contribution is 2.33. The van der Waals surface area contributed by atoms with Gasteiger partial charge in [0.2, 0.25) is 0 Å². The van der Waals surface area contributed by atoms with Gasteiger partial charge in [-0.25, -0.2) is 4.79 Å². The Hall–Kier alpha value is -3.18. The van der Waals surface area contributed by atoms with Gasteiger partial charge in [-0.2, -0.15) is 0 Å². The molecule has 0 saturated carbocycles. The van der Waals surface area contributed by atoms with Crippen molar-refractivity contribution in [2.75, 3.05) is 19.0 Å². The molecule has 160 valence electrons. The van der Waals surface area contributed by atoms with Gasteiger partial charge in [0.05, 0.1) is 6.61 Å². The molecular weight excluding hydrogens is 408 g/mol. The van der Waals surface area contributed by atoms with E-state index in [4.69, 9.17) is 14.6 Å². The molecular formula is C26H26O4S. The highest BCUT2D eigenvalue weighted by molar-refractivity contribution is 7.99. The predicted molar refractivity (Wildman–Crippen MR) is 126 cm³/mol. The molecule has 0 heterocycles. The second-order valence-electron chi connectivity index (χ2n) is 6.83. The number of ether oxygens (including phenoxy) is 2. The first-order valence-electron chi connectivity index (χ1n) is 10.1. The van der Waals surface area contributed by atoms with Gasteiger partial charge in [0.1, 0.15) is 11.5 Å². The summed E-state index contributed by atoms with van der Waals surface area (Å²) in [6.07, 6.45) is 2.22. The van der Waals surface area contributed by atoms with E-state index in [0.29, 0.717) is 12.4 Å². The highest BCUT2D eigenvalue weighted by atomic mass is 32.2. The Morgan fingerprint density at radius 1 is 0.968 bits per heavy atom. The summed E-state index contributed by atoms with van der Waals surface area (Å²) in [4.78, 5) is 11.8. The number of aryl methyl sites for hydroxylation is 1. The van der Waals surface area contributed by atoms with Gasteiger partial charge in [-0.15, -0.1) is 11.8 Å². The molecule has 0 aliphatic rings. The average Bonchev–Trinajstić information content (AvgIpc) is 2.77. The molecule has 0 unspecified atom stereocenters. The minimum absolute atomic E-state index is 0.338. The fraction of sp³-hybridized carbons (Fsp3) is 0.192. The molecule has 3 rings (SSSR count). The van der Waals surface area contributed by atoms with Crippen LogP contribution in [-0.4, -0.2) is 30.0 Å². The lowest BCUT2D eigenvalue weighted by atomic mass is 9.97. The van der Waals surface area contributed by atoms with E-state index in [-0.39, 0.29) is 6.61 Å². The lowest BCUT2D eigenvalue weighted by molar-refractivity contribution is -0.139. The van der Waals surface area contributed by atoms with Crippen LogP contribution in [-0.2, 0) is 4.79 Å². The maximum atomic E-state index is 10.7. The van der Waals surface area contributed by atoms with Gasteiger partial charge in [-0.1, -0.05) is 54.6 Å². The predicted octanol–water partition coefficient (Wildman–Crippen LogP) is 6.08. The first-order chi connectivity index (χ1) is 15.1. The zero-order valence-electron chi connectivity index (χ0n) is 17.7. The van der Waals surface area contributed by atoms with Crippen molar-refractivity contribution in [3.05, 3.63) is 95.6 Å². The van der Waals surface area contributed by atoms with Crippen LogP contribution in [0.25, 0.3) is 5.57 Å². The van der Waals surface area contributed by atoms with Crippen LogP contribution in [0.1, 0.15) is 23.6 Å². The molecule has 0 amide bonds. The summed E-state index contributed by atoms with van der Waals surface area (Å²) >= 11 is 1.72. The van der Waals surface area contributed by atoms with E-state index in [2.05, 4.69) is 24.3 Å². The van der Waals surface area contributed by atoms with Crippen LogP contribution in [0.5, 0.6) is 11.5 Å². The number of carboxylic acid groups (broad SMARTS) is 1. The number of para-hydroxylation sites is 1. The first-order valence-corrected chi connectivity index (χ1v) is 11.1. The van der Waals surface area contributed by atoms with Crippen LogP contribution >= 0.6 is 11.8 Å². The molecule has 0 radical (unpaired) electrons. The van der Waals surface area contributed by atoms with E-state index in [0.717, 1.165) is 38.7 Å². The third-order valence-corrected chi connectivity index (χ3v) is 5.52. The van der Waals surface area contributed by atoms with Crippen LogP contribution in [0.2, 0.25) is 0 Å². The van der Waals surface area contributed by atoms with E-state index in [9.17, 15) is 4.79 Å². The molecule has 3 aromatic rings. The molecule has 0 bridgehead atoms. The summed E-state index contributed by atoms with van der Waals surface area (Å²) in [5.74, 6) is 1.27. The minimum atomic E-state index is -0.983. The number of hydrogen-bond donors (Lipinski definition) is 1. The van der Waals surface area contributed by atoms with Crippen molar-refractivity contribution in [2.24, 2.45) is 0 Å². The molecule has 0 fully saturated rings. The number of carboxylic acids is 1. The quantitative estimate of drug-likeness (QED) is 0.392. The van der Waals surface area contributed by atoms with Crippen molar-refractivity contribution in [3.8, 4) is 11.5 Å². The van der Waals surface area contributed by atoms with Gasteiger partial charge in [-0.05, 0) is 54.8 Å². The number of benzene rings is 3. The molecule has 5 heteroatoms. The van der Waals surface area contributed by atoms with Gasteiger partial charge in [0.25, 0.3) is 0 Å². The Balaban J connectivity index is 1.81. The molecule has 0 saturated heterocycles. The van der Waals surface area contributed by atoms with Crippen LogP contribution in [0.4, 0.5) is 0 Å². The molecule has 31 heavy (non-hydrogen) atoms. The van der Waals surface area contributed by atoms with Gasteiger partial charge in [0.15, 0.2) is 6.61 Å². The van der Waals surface area contributed by atoms with E-state index in [1.165, 1.54) is 0 Å². The van der Waals surface area contributed by atoms with E-state index in [1.54, 1.807) is 11.8 Å². The SMILES string of the molecule is CCOc1ccccc1C(=CCSc1ccc(OCC(=O)O)c(C)c1)c1ccccc1. The van der Waals surface area contributed by atoms with E-state index >= 15 is 0 Å². The Bertz CT molecular complexity index is 1040. The highest BCUT2D eigenvalue weighted by Gasteiger charge is 2.11. The van der Waals surface area contributed by atoms with Crippen LogP contribution in [0.15, 0.2) is 83.8 Å². The Labute approximate surface area is 187 Å². The molecule has 0 atom stereocenters. The number of carbonyl (C=O) groups is 1. The number of thioether (sulfide) groups is 1. The molecule has 0 aliphatic heterocycles. The maximum Gasteiger partial charge on any atom is 0.341 e. The Morgan fingerprint density at radius 3 is 2.42 bits per heavy atom. The summed E-state index contributed by atoms with van der Waals surface area (Å²) in [7, 11) is 0. The third-order valence-electron chi connectivity index (χ3n) is 4.60. The van der Waals surface area contributed by atoms with Crippen molar-refractivity contribution in [3.63, 3.8) is 0 Å². The Kier molecular flexibility index (Phi) is 8.19. The van der Waals surface area contributed by atoms with Crippen LogP contribution < -0.4 is 9.47 Å². The lowest BCUT2D eigenvalue weighted by Crippen LogP contribution is -2.09. The van der Waals surface area contributed by atoms with Crippen molar-refractivity contribution < 1.29 is 19.4 Å². The third kappa shape index (κ3) is 6.40. The molecule has 0 aliphatic carbocycles. The Morgan fingerprint density at radius 2 is 1.71 bits per heavy atom. The summed E-state index contributed by atoms with van der Waals surface area (Å²) < 4.78 is 11.2. The minimum Gasteiger partial charge on any atom is -0.493 e. The van der Waals surface area contributed by atoms with Crippen molar-refractivity contribution in [1.29, 1.82) is 0 Å².